The molecule has 1 amide bonds. The van der Waals surface area contributed by atoms with E-state index in [0.717, 1.165) is 22.4 Å². The highest BCUT2D eigenvalue weighted by Gasteiger charge is 2.19. The number of rotatable bonds is 7. The van der Waals surface area contributed by atoms with Crippen LogP contribution in [0, 0.1) is 0 Å². The Morgan fingerprint density at radius 2 is 1.73 bits per heavy atom. The molecule has 0 aliphatic rings. The maximum Gasteiger partial charge on any atom is 0.255 e. The Morgan fingerprint density at radius 1 is 0.909 bits per heavy atom. The van der Waals surface area contributed by atoms with Crippen LogP contribution in [0.15, 0.2) is 98.0 Å². The number of para-hydroxylation sites is 1. The lowest BCUT2D eigenvalue weighted by atomic mass is 10.1. The van der Waals surface area contributed by atoms with Crippen molar-refractivity contribution in [2.75, 3.05) is 0 Å². The first-order valence-corrected chi connectivity index (χ1v) is 10.5. The minimum absolute atomic E-state index is 0.202. The van der Waals surface area contributed by atoms with Gasteiger partial charge in [0.1, 0.15) is 18.3 Å². The van der Waals surface area contributed by atoms with Gasteiger partial charge in [0, 0.05) is 30.7 Å². The number of nitrogens with zero attached hydrogens (tertiary/aromatic N) is 6. The van der Waals surface area contributed by atoms with Crippen molar-refractivity contribution in [3.63, 3.8) is 0 Å². The fourth-order valence-electron chi connectivity index (χ4n) is 3.61. The summed E-state index contributed by atoms with van der Waals surface area (Å²) in [5.74, 6) is -0.202. The van der Waals surface area contributed by atoms with Gasteiger partial charge in [0.15, 0.2) is 0 Å². The van der Waals surface area contributed by atoms with Crippen molar-refractivity contribution in [3.8, 4) is 16.9 Å². The quantitative estimate of drug-likeness (QED) is 0.423. The lowest BCUT2D eigenvalue weighted by Crippen LogP contribution is -2.24. The maximum absolute atomic E-state index is 13.3. The molecule has 162 valence electrons. The molecule has 0 spiro atoms. The topological polar surface area (TPSA) is 90.5 Å². The van der Waals surface area contributed by atoms with Crippen molar-refractivity contribution in [2.24, 2.45) is 0 Å². The van der Waals surface area contributed by atoms with Crippen LogP contribution < -0.4 is 5.32 Å². The number of carbonyl (C=O) groups excluding carboxylic acids is 1. The Bertz CT molecular complexity index is 1350. The van der Waals surface area contributed by atoms with Gasteiger partial charge in [-0.15, -0.1) is 0 Å². The van der Waals surface area contributed by atoms with E-state index < -0.39 is 0 Å². The van der Waals surface area contributed by atoms with Gasteiger partial charge in [-0.05, 0) is 35.4 Å². The van der Waals surface area contributed by atoms with Gasteiger partial charge in [0.05, 0.1) is 17.8 Å². The molecule has 1 N–H and O–H groups in total. The van der Waals surface area contributed by atoms with Gasteiger partial charge < -0.3 is 5.32 Å². The SMILES string of the molecule is O=C(NCc1ccccc1Cn1cncn1)c1cn(-c2ccccc2)nc1-c1cccnc1. The van der Waals surface area contributed by atoms with Gasteiger partial charge in [0.2, 0.25) is 0 Å². The lowest BCUT2D eigenvalue weighted by molar-refractivity contribution is 0.0951. The number of hydrogen-bond donors (Lipinski definition) is 1. The van der Waals surface area contributed by atoms with Crippen LogP contribution in [0.25, 0.3) is 16.9 Å². The summed E-state index contributed by atoms with van der Waals surface area (Å²) in [6, 6.07) is 21.4. The summed E-state index contributed by atoms with van der Waals surface area (Å²) >= 11 is 0. The van der Waals surface area contributed by atoms with E-state index in [4.69, 9.17) is 5.10 Å². The number of benzene rings is 2. The summed E-state index contributed by atoms with van der Waals surface area (Å²) < 4.78 is 3.47. The van der Waals surface area contributed by atoms with Crippen LogP contribution in [0.5, 0.6) is 0 Å². The molecule has 2 aromatic carbocycles. The van der Waals surface area contributed by atoms with Crippen LogP contribution in [-0.4, -0.2) is 35.4 Å². The minimum Gasteiger partial charge on any atom is -0.348 e. The molecule has 0 radical (unpaired) electrons. The van der Waals surface area contributed by atoms with E-state index in [9.17, 15) is 4.79 Å². The highest BCUT2D eigenvalue weighted by Crippen LogP contribution is 2.23. The van der Waals surface area contributed by atoms with E-state index in [-0.39, 0.29) is 5.91 Å². The molecule has 0 unspecified atom stereocenters. The Kier molecular flexibility index (Phi) is 5.71. The van der Waals surface area contributed by atoms with Crippen molar-refractivity contribution in [1.29, 1.82) is 0 Å². The summed E-state index contributed by atoms with van der Waals surface area (Å²) in [6.07, 6.45) is 8.35. The van der Waals surface area contributed by atoms with Crippen LogP contribution >= 0.6 is 0 Å². The van der Waals surface area contributed by atoms with Crippen molar-refractivity contribution in [2.45, 2.75) is 13.1 Å². The molecule has 8 heteroatoms. The van der Waals surface area contributed by atoms with Crippen molar-refractivity contribution in [3.05, 3.63) is 115 Å². The molecule has 33 heavy (non-hydrogen) atoms. The van der Waals surface area contributed by atoms with Gasteiger partial charge in [-0.3, -0.25) is 9.78 Å². The summed E-state index contributed by atoms with van der Waals surface area (Å²) in [7, 11) is 0. The Balaban J connectivity index is 1.41. The zero-order valence-electron chi connectivity index (χ0n) is 17.7. The predicted molar refractivity (Wildman–Crippen MR) is 124 cm³/mol. The summed E-state index contributed by atoms with van der Waals surface area (Å²) in [6.45, 7) is 0.964. The van der Waals surface area contributed by atoms with E-state index >= 15 is 0 Å². The van der Waals surface area contributed by atoms with Crippen LogP contribution in [0.2, 0.25) is 0 Å². The smallest absolute Gasteiger partial charge is 0.255 e. The zero-order chi connectivity index (χ0) is 22.5. The summed E-state index contributed by atoms with van der Waals surface area (Å²) in [5, 5.41) is 11.9. The van der Waals surface area contributed by atoms with Gasteiger partial charge in [0.25, 0.3) is 5.91 Å². The molecular weight excluding hydrogens is 414 g/mol. The highest BCUT2D eigenvalue weighted by atomic mass is 16.1. The third-order valence-electron chi connectivity index (χ3n) is 5.27. The Morgan fingerprint density at radius 3 is 2.48 bits per heavy atom. The Labute approximate surface area is 190 Å². The van der Waals surface area contributed by atoms with Gasteiger partial charge in [-0.1, -0.05) is 42.5 Å². The van der Waals surface area contributed by atoms with E-state index in [1.807, 2.05) is 66.7 Å². The normalized spacial score (nSPS) is 10.8. The summed E-state index contributed by atoms with van der Waals surface area (Å²) in [5.41, 5.74) is 4.81. The number of amides is 1. The third kappa shape index (κ3) is 4.54. The first-order chi connectivity index (χ1) is 16.3. The molecule has 5 rings (SSSR count). The van der Waals surface area contributed by atoms with E-state index in [1.54, 1.807) is 34.3 Å². The second-order valence-electron chi connectivity index (χ2n) is 7.46. The number of nitrogens with one attached hydrogen (secondary N) is 1. The molecule has 0 fully saturated rings. The molecule has 0 aliphatic heterocycles. The van der Waals surface area contributed by atoms with Crippen molar-refractivity contribution < 1.29 is 4.79 Å². The molecule has 0 saturated carbocycles. The largest absolute Gasteiger partial charge is 0.348 e. The number of aromatic nitrogens is 6. The number of carbonyl (C=O) groups is 1. The van der Waals surface area contributed by atoms with Gasteiger partial charge >= 0.3 is 0 Å². The molecule has 5 aromatic rings. The molecule has 3 aromatic heterocycles. The number of hydrogen-bond acceptors (Lipinski definition) is 5. The van der Waals surface area contributed by atoms with Crippen LogP contribution in [-0.2, 0) is 13.1 Å². The highest BCUT2D eigenvalue weighted by molar-refractivity contribution is 5.99. The van der Waals surface area contributed by atoms with Crippen molar-refractivity contribution >= 4 is 5.91 Å². The monoisotopic (exact) mass is 435 g/mol. The molecular formula is C25H21N7O. The van der Waals surface area contributed by atoms with Crippen LogP contribution in [0.1, 0.15) is 21.5 Å². The van der Waals surface area contributed by atoms with Crippen LogP contribution in [0.3, 0.4) is 0 Å². The van der Waals surface area contributed by atoms with E-state index in [1.165, 1.54) is 6.33 Å². The van der Waals surface area contributed by atoms with Gasteiger partial charge in [-0.2, -0.15) is 10.2 Å². The fraction of sp³-hybridized carbons (Fsp3) is 0.0800. The standard InChI is InChI=1S/C25H21N7O/c33-25(28-14-19-7-4-5-8-21(19)15-31-18-27-17-29-31)23-16-32(22-10-2-1-3-11-22)30-24(23)20-9-6-12-26-13-20/h1-13,16-18H,14-15H2,(H,28,33). The number of pyridine rings is 1. The van der Waals surface area contributed by atoms with E-state index in [0.29, 0.717) is 24.3 Å². The van der Waals surface area contributed by atoms with Crippen molar-refractivity contribution in [1.82, 2.24) is 34.8 Å². The fourth-order valence-corrected chi connectivity index (χ4v) is 3.61. The average Bonchev–Trinajstić information content (AvgIpc) is 3.55. The minimum atomic E-state index is -0.202. The first kappa shape index (κ1) is 20.3. The molecule has 3 heterocycles. The van der Waals surface area contributed by atoms with E-state index in [2.05, 4.69) is 20.4 Å². The maximum atomic E-state index is 13.3. The molecule has 0 atom stereocenters. The third-order valence-corrected chi connectivity index (χ3v) is 5.27. The average molecular weight is 435 g/mol. The molecule has 8 nitrogen and oxygen atoms in total. The molecule has 0 bridgehead atoms. The summed E-state index contributed by atoms with van der Waals surface area (Å²) in [4.78, 5) is 21.5. The Hall–Kier alpha value is -4.59. The predicted octanol–water partition coefficient (Wildman–Crippen LogP) is 3.50. The van der Waals surface area contributed by atoms with Gasteiger partial charge in [-0.25, -0.2) is 14.3 Å². The van der Waals surface area contributed by atoms with Crippen LogP contribution in [0.4, 0.5) is 0 Å². The second kappa shape index (κ2) is 9.27. The zero-order valence-corrected chi connectivity index (χ0v) is 17.7. The molecule has 0 saturated heterocycles. The lowest BCUT2D eigenvalue weighted by Gasteiger charge is -2.11. The molecule has 0 aliphatic carbocycles. The first-order valence-electron chi connectivity index (χ1n) is 10.5. The second-order valence-corrected chi connectivity index (χ2v) is 7.46.